The predicted octanol–water partition coefficient (Wildman–Crippen LogP) is 1.97. The lowest BCUT2D eigenvalue weighted by atomic mass is 10.0. The number of hydrogen-bond acceptors (Lipinski definition) is 3. The number of nitrogens with one attached hydrogen (secondary N) is 3. The quantitative estimate of drug-likeness (QED) is 0.453. The van der Waals surface area contributed by atoms with Crippen LogP contribution < -0.4 is 16.4 Å². The van der Waals surface area contributed by atoms with Gasteiger partial charge in [0, 0.05) is 17.7 Å². The second-order valence-corrected chi connectivity index (χ2v) is 6.50. The fraction of sp³-hybridized carbons (Fsp3) is 0.250. The minimum atomic E-state index is -0.775. The average Bonchev–Trinajstić information content (AvgIpc) is 3.49. The van der Waals surface area contributed by atoms with Gasteiger partial charge in [0.05, 0.1) is 0 Å². The third-order valence-electron chi connectivity index (χ3n) is 4.37. The van der Waals surface area contributed by atoms with Gasteiger partial charge < -0.3 is 16.4 Å². The first-order valence-corrected chi connectivity index (χ1v) is 8.62. The lowest BCUT2D eigenvalue weighted by Crippen LogP contribution is -2.41. The van der Waals surface area contributed by atoms with Gasteiger partial charge in [-0.1, -0.05) is 42.5 Å². The number of amides is 2. The van der Waals surface area contributed by atoms with Crippen LogP contribution in [0.15, 0.2) is 54.6 Å². The second kappa shape index (κ2) is 7.82. The Morgan fingerprint density at radius 1 is 1.08 bits per heavy atom. The first-order chi connectivity index (χ1) is 12.5. The van der Waals surface area contributed by atoms with Crippen molar-refractivity contribution in [1.29, 1.82) is 5.41 Å². The molecule has 26 heavy (non-hydrogen) atoms. The molecule has 1 aliphatic carbocycles. The van der Waals surface area contributed by atoms with E-state index in [1.54, 1.807) is 24.3 Å². The van der Waals surface area contributed by atoms with Gasteiger partial charge in [0.25, 0.3) is 5.91 Å². The normalized spacial score (nSPS) is 14.3. The van der Waals surface area contributed by atoms with Crippen LogP contribution in [0.1, 0.15) is 40.4 Å². The molecule has 2 aromatic rings. The Labute approximate surface area is 152 Å². The van der Waals surface area contributed by atoms with Crippen LogP contribution in [0.25, 0.3) is 0 Å². The highest BCUT2D eigenvalue weighted by molar-refractivity contribution is 6.01. The molecule has 0 spiro atoms. The third kappa shape index (κ3) is 4.47. The molecule has 1 atom stereocenters. The highest BCUT2D eigenvalue weighted by Crippen LogP contribution is 2.27. The van der Waals surface area contributed by atoms with Crippen molar-refractivity contribution in [2.75, 3.05) is 6.54 Å². The zero-order chi connectivity index (χ0) is 18.5. The third-order valence-corrected chi connectivity index (χ3v) is 4.37. The molecule has 0 radical (unpaired) electrons. The van der Waals surface area contributed by atoms with Crippen LogP contribution in [0.2, 0.25) is 0 Å². The summed E-state index contributed by atoms with van der Waals surface area (Å²) >= 11 is 0. The summed E-state index contributed by atoms with van der Waals surface area (Å²) in [6, 6.07) is 14.9. The van der Waals surface area contributed by atoms with Gasteiger partial charge >= 0.3 is 0 Å². The Kier molecular flexibility index (Phi) is 5.31. The van der Waals surface area contributed by atoms with Crippen LogP contribution in [0, 0.1) is 11.3 Å². The predicted molar refractivity (Wildman–Crippen MR) is 99.8 cm³/mol. The molecule has 0 unspecified atom stereocenters. The van der Waals surface area contributed by atoms with E-state index in [1.165, 1.54) is 0 Å². The SMILES string of the molecule is N=C(N)c1cccc(C(=O)N[C@@H](C(=O)NCC2CC2)c2ccccc2)c1. The van der Waals surface area contributed by atoms with E-state index in [0.717, 1.165) is 18.4 Å². The van der Waals surface area contributed by atoms with Gasteiger partial charge in [0.1, 0.15) is 11.9 Å². The largest absolute Gasteiger partial charge is 0.384 e. The number of rotatable bonds is 7. The minimum absolute atomic E-state index is 0.110. The summed E-state index contributed by atoms with van der Waals surface area (Å²) in [6.45, 7) is 0.637. The zero-order valence-electron chi connectivity index (χ0n) is 14.4. The Morgan fingerprint density at radius 3 is 2.42 bits per heavy atom. The lowest BCUT2D eigenvalue weighted by Gasteiger charge is -2.19. The van der Waals surface area contributed by atoms with Crippen molar-refractivity contribution in [3.05, 3.63) is 71.3 Å². The molecule has 134 valence electrons. The maximum absolute atomic E-state index is 12.7. The number of nitrogens with two attached hydrogens (primary N) is 1. The highest BCUT2D eigenvalue weighted by Gasteiger charge is 2.26. The zero-order valence-corrected chi connectivity index (χ0v) is 14.4. The first kappa shape index (κ1) is 17.7. The van der Waals surface area contributed by atoms with E-state index in [2.05, 4.69) is 10.6 Å². The highest BCUT2D eigenvalue weighted by atomic mass is 16.2. The molecule has 0 heterocycles. The number of benzene rings is 2. The molecule has 2 aromatic carbocycles. The van der Waals surface area contributed by atoms with E-state index in [-0.39, 0.29) is 17.6 Å². The topological polar surface area (TPSA) is 108 Å². The van der Waals surface area contributed by atoms with Crippen molar-refractivity contribution in [2.24, 2.45) is 11.7 Å². The fourth-order valence-electron chi connectivity index (χ4n) is 2.66. The molecule has 1 aliphatic rings. The molecule has 6 heteroatoms. The second-order valence-electron chi connectivity index (χ2n) is 6.50. The lowest BCUT2D eigenvalue weighted by molar-refractivity contribution is -0.123. The number of hydrogen-bond donors (Lipinski definition) is 4. The summed E-state index contributed by atoms with van der Waals surface area (Å²) in [4.78, 5) is 25.3. The standard InChI is InChI=1S/C20H22N4O2/c21-18(22)15-7-4-8-16(11-15)19(25)24-17(14-5-2-1-3-6-14)20(26)23-12-13-9-10-13/h1-8,11,13,17H,9-10,12H2,(H3,21,22)(H,23,26)(H,24,25)/t17-/m1/s1. The first-order valence-electron chi connectivity index (χ1n) is 8.62. The van der Waals surface area contributed by atoms with Crippen molar-refractivity contribution in [1.82, 2.24) is 10.6 Å². The van der Waals surface area contributed by atoms with E-state index in [0.29, 0.717) is 23.6 Å². The van der Waals surface area contributed by atoms with Gasteiger partial charge in [-0.3, -0.25) is 15.0 Å². The smallest absolute Gasteiger partial charge is 0.252 e. The van der Waals surface area contributed by atoms with Crippen molar-refractivity contribution in [2.45, 2.75) is 18.9 Å². The number of amidine groups is 1. The molecule has 1 saturated carbocycles. The summed E-state index contributed by atoms with van der Waals surface area (Å²) in [5.74, 6) is -0.164. The Bertz CT molecular complexity index is 816. The van der Waals surface area contributed by atoms with Crippen molar-refractivity contribution < 1.29 is 9.59 Å². The van der Waals surface area contributed by atoms with Gasteiger partial charge in [0.15, 0.2) is 0 Å². The molecule has 0 saturated heterocycles. The molecule has 5 N–H and O–H groups in total. The Morgan fingerprint density at radius 2 is 1.77 bits per heavy atom. The molecule has 2 amide bonds. The summed E-state index contributed by atoms with van der Waals surface area (Å²) in [6.07, 6.45) is 2.28. The Hall–Kier alpha value is -3.15. The molecule has 6 nitrogen and oxygen atoms in total. The molecular weight excluding hydrogens is 328 g/mol. The van der Waals surface area contributed by atoms with Crippen LogP contribution in [0.5, 0.6) is 0 Å². The van der Waals surface area contributed by atoms with E-state index in [4.69, 9.17) is 11.1 Å². The van der Waals surface area contributed by atoms with Crippen molar-refractivity contribution >= 4 is 17.6 Å². The number of nitrogen functional groups attached to an aromatic ring is 1. The van der Waals surface area contributed by atoms with Crippen LogP contribution in [0.3, 0.4) is 0 Å². The monoisotopic (exact) mass is 350 g/mol. The molecule has 0 bridgehead atoms. The minimum Gasteiger partial charge on any atom is -0.384 e. The molecule has 0 aliphatic heterocycles. The summed E-state index contributed by atoms with van der Waals surface area (Å²) in [5.41, 5.74) is 7.02. The van der Waals surface area contributed by atoms with Crippen LogP contribution in [0.4, 0.5) is 0 Å². The van der Waals surface area contributed by atoms with Crippen LogP contribution in [-0.4, -0.2) is 24.2 Å². The van der Waals surface area contributed by atoms with Crippen LogP contribution in [-0.2, 0) is 4.79 Å². The van der Waals surface area contributed by atoms with Crippen LogP contribution >= 0.6 is 0 Å². The molecular formula is C20H22N4O2. The average molecular weight is 350 g/mol. The van der Waals surface area contributed by atoms with Gasteiger partial charge in [-0.25, -0.2) is 0 Å². The van der Waals surface area contributed by atoms with E-state index >= 15 is 0 Å². The maximum Gasteiger partial charge on any atom is 0.252 e. The molecule has 0 aromatic heterocycles. The van der Waals surface area contributed by atoms with Crippen molar-refractivity contribution in [3.63, 3.8) is 0 Å². The summed E-state index contributed by atoms with van der Waals surface area (Å²) < 4.78 is 0. The van der Waals surface area contributed by atoms with E-state index in [1.807, 2.05) is 30.3 Å². The summed E-state index contributed by atoms with van der Waals surface area (Å²) in [5, 5.41) is 13.2. The number of carbonyl (C=O) groups is 2. The summed E-state index contributed by atoms with van der Waals surface area (Å²) in [7, 11) is 0. The van der Waals surface area contributed by atoms with Gasteiger partial charge in [-0.2, -0.15) is 0 Å². The van der Waals surface area contributed by atoms with Crippen molar-refractivity contribution in [3.8, 4) is 0 Å². The fourth-order valence-corrected chi connectivity index (χ4v) is 2.66. The van der Waals surface area contributed by atoms with E-state index < -0.39 is 6.04 Å². The number of carbonyl (C=O) groups excluding carboxylic acids is 2. The molecule has 3 rings (SSSR count). The molecule has 1 fully saturated rings. The van der Waals surface area contributed by atoms with E-state index in [9.17, 15) is 9.59 Å². The maximum atomic E-state index is 12.7. The Balaban J connectivity index is 1.78. The van der Waals surface area contributed by atoms with Gasteiger partial charge in [0.2, 0.25) is 5.91 Å². The van der Waals surface area contributed by atoms with Gasteiger partial charge in [-0.15, -0.1) is 0 Å². The van der Waals surface area contributed by atoms with Gasteiger partial charge in [-0.05, 0) is 36.5 Å².